The van der Waals surface area contributed by atoms with Crippen LogP contribution >= 0.6 is 11.6 Å². The molecular formula is C18H16ClNO5S. The number of allylic oxidation sites excluding steroid dienone is 1. The van der Waals surface area contributed by atoms with Crippen molar-refractivity contribution < 1.29 is 23.1 Å². The molecule has 0 saturated carbocycles. The number of carbonyl (C=O) groups excluding carboxylic acids is 1. The quantitative estimate of drug-likeness (QED) is 0.556. The lowest BCUT2D eigenvalue weighted by Crippen LogP contribution is -2.38. The van der Waals surface area contributed by atoms with Crippen molar-refractivity contribution in [2.45, 2.75) is 17.9 Å². The minimum atomic E-state index is -3.98. The number of ketones is 1. The van der Waals surface area contributed by atoms with Gasteiger partial charge in [-0.15, -0.1) is 0 Å². The zero-order valence-electron chi connectivity index (χ0n) is 13.7. The van der Waals surface area contributed by atoms with Crippen LogP contribution in [0.15, 0.2) is 59.5 Å². The van der Waals surface area contributed by atoms with Crippen LogP contribution in [0.25, 0.3) is 6.08 Å². The zero-order valence-corrected chi connectivity index (χ0v) is 15.3. The van der Waals surface area contributed by atoms with Gasteiger partial charge in [-0.05, 0) is 55.0 Å². The molecule has 2 aromatic carbocycles. The molecule has 1 unspecified atom stereocenters. The van der Waals surface area contributed by atoms with Crippen LogP contribution in [0.4, 0.5) is 0 Å². The number of hydrogen-bond acceptors (Lipinski definition) is 4. The first-order chi connectivity index (χ1) is 12.2. The molecule has 1 atom stereocenters. The van der Waals surface area contributed by atoms with Gasteiger partial charge in [0.2, 0.25) is 10.0 Å². The molecule has 0 saturated heterocycles. The van der Waals surface area contributed by atoms with E-state index < -0.39 is 22.0 Å². The third-order valence-corrected chi connectivity index (χ3v) is 5.26. The maximum absolute atomic E-state index is 12.2. The summed E-state index contributed by atoms with van der Waals surface area (Å²) in [4.78, 5) is 22.8. The van der Waals surface area contributed by atoms with Crippen LogP contribution in [0.2, 0.25) is 5.02 Å². The second kappa shape index (κ2) is 8.27. The van der Waals surface area contributed by atoms with Gasteiger partial charge in [-0.1, -0.05) is 29.8 Å². The summed E-state index contributed by atoms with van der Waals surface area (Å²) in [6.07, 6.45) is 3.00. The van der Waals surface area contributed by atoms with E-state index in [1.54, 1.807) is 30.3 Å². The molecule has 0 fully saturated rings. The number of carboxylic acids is 1. The third-order valence-electron chi connectivity index (χ3n) is 3.45. The van der Waals surface area contributed by atoms with Crippen molar-refractivity contribution in [3.63, 3.8) is 0 Å². The highest BCUT2D eigenvalue weighted by atomic mass is 35.5. The molecule has 2 N–H and O–H groups in total. The van der Waals surface area contributed by atoms with Gasteiger partial charge >= 0.3 is 5.97 Å². The lowest BCUT2D eigenvalue weighted by Gasteiger charge is -2.10. The molecule has 8 heteroatoms. The Morgan fingerprint density at radius 2 is 1.65 bits per heavy atom. The van der Waals surface area contributed by atoms with Crippen molar-refractivity contribution in [3.05, 3.63) is 70.8 Å². The predicted molar refractivity (Wildman–Crippen MR) is 98.7 cm³/mol. The van der Waals surface area contributed by atoms with Crippen molar-refractivity contribution in [1.82, 2.24) is 4.72 Å². The Hall–Kier alpha value is -2.48. The molecule has 0 aliphatic carbocycles. The lowest BCUT2D eigenvalue weighted by atomic mass is 10.1. The molecule has 0 aliphatic heterocycles. The van der Waals surface area contributed by atoms with E-state index in [4.69, 9.17) is 16.7 Å². The summed E-state index contributed by atoms with van der Waals surface area (Å²) in [5, 5.41) is 9.38. The maximum atomic E-state index is 12.2. The Morgan fingerprint density at radius 3 is 2.19 bits per heavy atom. The summed E-state index contributed by atoms with van der Waals surface area (Å²) < 4.78 is 26.2. The van der Waals surface area contributed by atoms with E-state index in [0.29, 0.717) is 10.6 Å². The topological polar surface area (TPSA) is 101 Å². The number of rotatable bonds is 7. The lowest BCUT2D eigenvalue weighted by molar-refractivity contribution is -0.138. The summed E-state index contributed by atoms with van der Waals surface area (Å²) in [5.74, 6) is -1.58. The van der Waals surface area contributed by atoms with Gasteiger partial charge < -0.3 is 5.11 Å². The van der Waals surface area contributed by atoms with E-state index >= 15 is 0 Å². The Labute approximate surface area is 156 Å². The summed E-state index contributed by atoms with van der Waals surface area (Å²) >= 11 is 5.79. The fourth-order valence-electron chi connectivity index (χ4n) is 1.99. The van der Waals surface area contributed by atoms with Crippen molar-refractivity contribution >= 4 is 39.5 Å². The molecular weight excluding hydrogens is 378 g/mol. The number of halogens is 1. The molecule has 6 nitrogen and oxygen atoms in total. The van der Waals surface area contributed by atoms with Gasteiger partial charge in [0.05, 0.1) is 4.90 Å². The first-order valence-corrected chi connectivity index (χ1v) is 9.38. The van der Waals surface area contributed by atoms with Gasteiger partial charge in [0.15, 0.2) is 5.78 Å². The van der Waals surface area contributed by atoms with Crippen LogP contribution < -0.4 is 4.72 Å². The number of carbonyl (C=O) groups is 2. The van der Waals surface area contributed by atoms with Gasteiger partial charge in [-0.25, -0.2) is 8.42 Å². The van der Waals surface area contributed by atoms with Crippen LogP contribution in [0, 0.1) is 0 Å². The van der Waals surface area contributed by atoms with Gasteiger partial charge in [0, 0.05) is 10.6 Å². The standard InChI is InChI=1S/C18H16ClNO5S/c1-12(18(22)23)20-26(24,25)16-9-5-14(6-10-16)17(21)11-4-13-2-7-15(19)8-3-13/h2-12,20H,1H3,(H,22,23). The monoisotopic (exact) mass is 393 g/mol. The van der Waals surface area contributed by atoms with Crippen LogP contribution in [-0.4, -0.2) is 31.3 Å². The number of hydrogen-bond donors (Lipinski definition) is 2. The molecule has 2 aromatic rings. The number of sulfonamides is 1. The first-order valence-electron chi connectivity index (χ1n) is 7.52. The second-order valence-corrected chi connectivity index (χ2v) is 7.61. The highest BCUT2D eigenvalue weighted by Crippen LogP contribution is 2.14. The Kier molecular flexibility index (Phi) is 6.31. The number of carboxylic acid groups (broad SMARTS) is 1. The van der Waals surface area contributed by atoms with E-state index in [1.807, 2.05) is 4.72 Å². The molecule has 0 aliphatic rings. The average molecular weight is 394 g/mol. The predicted octanol–water partition coefficient (Wildman–Crippen LogP) is 2.99. The summed E-state index contributed by atoms with van der Waals surface area (Å²) in [7, 11) is -3.98. The van der Waals surface area contributed by atoms with E-state index in [0.717, 1.165) is 5.56 Å². The van der Waals surface area contributed by atoms with Crippen molar-refractivity contribution in [2.24, 2.45) is 0 Å². The Bertz CT molecular complexity index is 935. The van der Waals surface area contributed by atoms with Crippen LogP contribution in [-0.2, 0) is 14.8 Å². The number of aliphatic carboxylic acids is 1. The molecule has 26 heavy (non-hydrogen) atoms. The zero-order chi connectivity index (χ0) is 19.3. The van der Waals surface area contributed by atoms with Crippen LogP contribution in [0.3, 0.4) is 0 Å². The van der Waals surface area contributed by atoms with Crippen molar-refractivity contribution in [1.29, 1.82) is 0 Å². The first kappa shape index (κ1) is 19.8. The fourth-order valence-corrected chi connectivity index (χ4v) is 3.31. The maximum Gasteiger partial charge on any atom is 0.321 e. The molecule has 0 heterocycles. The second-order valence-electron chi connectivity index (χ2n) is 5.45. The minimum absolute atomic E-state index is 0.121. The van der Waals surface area contributed by atoms with E-state index in [1.165, 1.54) is 37.3 Å². The molecule has 0 radical (unpaired) electrons. The molecule has 0 aromatic heterocycles. The molecule has 0 amide bonds. The summed E-state index contributed by atoms with van der Waals surface area (Å²) in [6.45, 7) is 1.22. The smallest absolute Gasteiger partial charge is 0.321 e. The summed E-state index contributed by atoms with van der Waals surface area (Å²) in [6, 6.07) is 10.9. The van der Waals surface area contributed by atoms with Gasteiger partial charge in [0.25, 0.3) is 0 Å². The van der Waals surface area contributed by atoms with E-state index in [9.17, 15) is 18.0 Å². The summed E-state index contributed by atoms with van der Waals surface area (Å²) in [5.41, 5.74) is 1.11. The fraction of sp³-hybridized carbons (Fsp3) is 0.111. The average Bonchev–Trinajstić information content (AvgIpc) is 2.60. The van der Waals surface area contributed by atoms with E-state index in [2.05, 4.69) is 0 Å². The molecule has 2 rings (SSSR count). The Morgan fingerprint density at radius 1 is 1.08 bits per heavy atom. The highest BCUT2D eigenvalue weighted by Gasteiger charge is 2.21. The molecule has 136 valence electrons. The molecule has 0 spiro atoms. The van der Waals surface area contributed by atoms with Crippen molar-refractivity contribution in [2.75, 3.05) is 0 Å². The number of nitrogens with one attached hydrogen (secondary N) is 1. The van der Waals surface area contributed by atoms with Crippen molar-refractivity contribution in [3.8, 4) is 0 Å². The minimum Gasteiger partial charge on any atom is -0.480 e. The van der Waals surface area contributed by atoms with Crippen LogP contribution in [0.5, 0.6) is 0 Å². The number of benzene rings is 2. The van der Waals surface area contributed by atoms with Gasteiger partial charge in [-0.2, -0.15) is 4.72 Å². The van der Waals surface area contributed by atoms with Crippen LogP contribution in [0.1, 0.15) is 22.8 Å². The van der Waals surface area contributed by atoms with Gasteiger partial charge in [0.1, 0.15) is 6.04 Å². The third kappa shape index (κ3) is 5.26. The van der Waals surface area contributed by atoms with Gasteiger partial charge in [-0.3, -0.25) is 9.59 Å². The largest absolute Gasteiger partial charge is 0.480 e. The Balaban J connectivity index is 2.12. The molecule has 0 bridgehead atoms. The van der Waals surface area contributed by atoms with E-state index in [-0.39, 0.29) is 10.7 Å². The SMILES string of the molecule is CC(NS(=O)(=O)c1ccc(C(=O)C=Cc2ccc(Cl)cc2)cc1)C(=O)O. The normalized spacial score (nSPS) is 12.8. The highest BCUT2D eigenvalue weighted by molar-refractivity contribution is 7.89.